The third-order valence-electron chi connectivity index (χ3n) is 3.41. The van der Waals surface area contributed by atoms with E-state index in [2.05, 4.69) is 10.1 Å². The zero-order chi connectivity index (χ0) is 15.2. The SMILES string of the molecule is CC(C)(C)OC(=O)N1CC(c2ccn3ncnc(Cl)c23)C1. The molecule has 0 unspecified atom stereocenters. The van der Waals surface area contributed by atoms with Crippen molar-refractivity contribution in [1.29, 1.82) is 0 Å². The number of hydrogen-bond donors (Lipinski definition) is 0. The number of hydrogen-bond acceptors (Lipinski definition) is 4. The van der Waals surface area contributed by atoms with Crippen LogP contribution in [-0.2, 0) is 4.74 Å². The Kier molecular flexibility index (Phi) is 3.28. The molecule has 112 valence electrons. The van der Waals surface area contributed by atoms with Crippen molar-refractivity contribution in [3.8, 4) is 0 Å². The Labute approximate surface area is 127 Å². The maximum atomic E-state index is 11.9. The number of amides is 1. The smallest absolute Gasteiger partial charge is 0.410 e. The first-order valence-corrected chi connectivity index (χ1v) is 7.18. The van der Waals surface area contributed by atoms with Gasteiger partial charge in [0.2, 0.25) is 0 Å². The van der Waals surface area contributed by atoms with Gasteiger partial charge < -0.3 is 9.64 Å². The normalized spacial score (nSPS) is 16.1. The van der Waals surface area contributed by atoms with Gasteiger partial charge in [0.25, 0.3) is 0 Å². The van der Waals surface area contributed by atoms with Crippen LogP contribution in [0.3, 0.4) is 0 Å². The number of likely N-dealkylation sites (tertiary alicyclic amines) is 1. The molecule has 3 heterocycles. The monoisotopic (exact) mass is 308 g/mol. The summed E-state index contributed by atoms with van der Waals surface area (Å²) < 4.78 is 7.06. The fraction of sp³-hybridized carbons (Fsp3) is 0.500. The van der Waals surface area contributed by atoms with Gasteiger partial charge in [0.15, 0.2) is 5.15 Å². The van der Waals surface area contributed by atoms with E-state index in [0.717, 1.165) is 11.1 Å². The lowest BCUT2D eigenvalue weighted by Gasteiger charge is -2.39. The van der Waals surface area contributed by atoms with Gasteiger partial charge in [-0.1, -0.05) is 11.6 Å². The molecule has 0 atom stereocenters. The fourth-order valence-corrected chi connectivity index (χ4v) is 2.66. The van der Waals surface area contributed by atoms with Crippen molar-refractivity contribution in [2.24, 2.45) is 0 Å². The molecule has 0 aromatic carbocycles. The van der Waals surface area contributed by atoms with E-state index >= 15 is 0 Å². The lowest BCUT2D eigenvalue weighted by molar-refractivity contribution is 0.00830. The highest BCUT2D eigenvalue weighted by Crippen LogP contribution is 2.33. The molecule has 6 nitrogen and oxygen atoms in total. The standard InChI is InChI=1S/C14H17ClN4O2/c1-14(2,3)21-13(20)18-6-9(7-18)10-4-5-19-11(10)12(15)16-8-17-19/h4-5,8-9H,6-7H2,1-3H3. The Morgan fingerprint density at radius 2 is 2.14 bits per heavy atom. The zero-order valence-electron chi connectivity index (χ0n) is 12.2. The van der Waals surface area contributed by atoms with Crippen LogP contribution in [0.25, 0.3) is 5.52 Å². The van der Waals surface area contributed by atoms with Crippen molar-refractivity contribution >= 4 is 23.2 Å². The van der Waals surface area contributed by atoms with Gasteiger partial charge >= 0.3 is 6.09 Å². The van der Waals surface area contributed by atoms with Crippen LogP contribution in [0.15, 0.2) is 18.6 Å². The van der Waals surface area contributed by atoms with Gasteiger partial charge in [0, 0.05) is 25.2 Å². The molecule has 2 aromatic heterocycles. The van der Waals surface area contributed by atoms with E-state index in [1.54, 1.807) is 9.42 Å². The van der Waals surface area contributed by atoms with E-state index in [-0.39, 0.29) is 12.0 Å². The molecule has 1 amide bonds. The minimum absolute atomic E-state index is 0.242. The van der Waals surface area contributed by atoms with Crippen LogP contribution < -0.4 is 0 Å². The van der Waals surface area contributed by atoms with Crippen molar-refractivity contribution in [1.82, 2.24) is 19.5 Å². The number of carbonyl (C=O) groups is 1. The van der Waals surface area contributed by atoms with Gasteiger partial charge in [0.1, 0.15) is 17.4 Å². The first-order valence-electron chi connectivity index (χ1n) is 6.81. The second kappa shape index (κ2) is 4.87. The van der Waals surface area contributed by atoms with E-state index in [9.17, 15) is 4.79 Å². The summed E-state index contributed by atoms with van der Waals surface area (Å²) >= 11 is 6.14. The Bertz CT molecular complexity index is 686. The maximum absolute atomic E-state index is 11.9. The molecular formula is C14H17ClN4O2. The molecular weight excluding hydrogens is 292 g/mol. The summed E-state index contributed by atoms with van der Waals surface area (Å²) in [5.74, 6) is 0.242. The summed E-state index contributed by atoms with van der Waals surface area (Å²) in [7, 11) is 0. The lowest BCUT2D eigenvalue weighted by Crippen LogP contribution is -2.50. The average molecular weight is 309 g/mol. The van der Waals surface area contributed by atoms with Crippen LogP contribution >= 0.6 is 11.6 Å². The molecule has 0 N–H and O–H groups in total. The largest absolute Gasteiger partial charge is 0.444 e. The second-order valence-electron chi connectivity index (χ2n) is 6.20. The molecule has 1 saturated heterocycles. The van der Waals surface area contributed by atoms with Gasteiger partial charge in [-0.15, -0.1) is 0 Å². The summed E-state index contributed by atoms with van der Waals surface area (Å²) in [6, 6.07) is 1.98. The fourth-order valence-electron chi connectivity index (χ4n) is 2.42. The first-order chi connectivity index (χ1) is 9.85. The van der Waals surface area contributed by atoms with Crippen LogP contribution in [-0.4, -0.2) is 44.3 Å². The van der Waals surface area contributed by atoms with Gasteiger partial charge in [-0.3, -0.25) is 0 Å². The molecule has 0 spiro atoms. The molecule has 1 aliphatic rings. The molecule has 21 heavy (non-hydrogen) atoms. The third kappa shape index (κ3) is 2.68. The minimum Gasteiger partial charge on any atom is -0.444 e. The van der Waals surface area contributed by atoms with Crippen molar-refractivity contribution in [3.05, 3.63) is 29.3 Å². The molecule has 0 bridgehead atoms. The van der Waals surface area contributed by atoms with Gasteiger partial charge in [-0.25, -0.2) is 14.3 Å². The van der Waals surface area contributed by atoms with Gasteiger partial charge in [-0.05, 0) is 32.4 Å². The molecule has 0 aliphatic carbocycles. The molecule has 1 fully saturated rings. The molecule has 1 aliphatic heterocycles. The highest BCUT2D eigenvalue weighted by Gasteiger charge is 2.36. The maximum Gasteiger partial charge on any atom is 0.410 e. The van der Waals surface area contributed by atoms with Crippen molar-refractivity contribution in [2.45, 2.75) is 32.3 Å². The third-order valence-corrected chi connectivity index (χ3v) is 3.69. The molecule has 2 aromatic rings. The van der Waals surface area contributed by atoms with Crippen LogP contribution in [0.5, 0.6) is 0 Å². The van der Waals surface area contributed by atoms with Crippen LogP contribution in [0, 0.1) is 0 Å². The number of aromatic nitrogens is 3. The van der Waals surface area contributed by atoms with E-state index in [1.807, 2.05) is 33.0 Å². The number of nitrogens with zero attached hydrogens (tertiary/aromatic N) is 4. The topological polar surface area (TPSA) is 59.7 Å². The number of fused-ring (bicyclic) bond motifs is 1. The van der Waals surface area contributed by atoms with Crippen LogP contribution in [0.2, 0.25) is 5.15 Å². The predicted molar refractivity (Wildman–Crippen MR) is 78.5 cm³/mol. The quantitative estimate of drug-likeness (QED) is 0.812. The summed E-state index contributed by atoms with van der Waals surface area (Å²) in [4.78, 5) is 17.6. The molecule has 3 rings (SSSR count). The number of rotatable bonds is 1. The van der Waals surface area contributed by atoms with E-state index in [4.69, 9.17) is 16.3 Å². The van der Waals surface area contributed by atoms with Gasteiger partial charge in [-0.2, -0.15) is 5.10 Å². The first kappa shape index (κ1) is 14.1. The lowest BCUT2D eigenvalue weighted by atomic mass is 9.93. The number of halogens is 1. The zero-order valence-corrected chi connectivity index (χ0v) is 13.0. The van der Waals surface area contributed by atoms with E-state index in [1.165, 1.54) is 6.33 Å². The Balaban J connectivity index is 1.72. The summed E-state index contributed by atoms with van der Waals surface area (Å²) in [6.07, 6.45) is 3.01. The van der Waals surface area contributed by atoms with Crippen molar-refractivity contribution < 1.29 is 9.53 Å². The highest BCUT2D eigenvalue weighted by molar-refractivity contribution is 6.32. The summed E-state index contributed by atoms with van der Waals surface area (Å²) in [5.41, 5.74) is 1.41. The van der Waals surface area contributed by atoms with E-state index in [0.29, 0.717) is 18.2 Å². The molecule has 0 saturated carbocycles. The van der Waals surface area contributed by atoms with Crippen molar-refractivity contribution in [2.75, 3.05) is 13.1 Å². The Hall–Kier alpha value is -1.82. The molecule has 0 radical (unpaired) electrons. The summed E-state index contributed by atoms with van der Waals surface area (Å²) in [6.45, 7) is 6.83. The summed E-state index contributed by atoms with van der Waals surface area (Å²) in [5, 5.41) is 4.55. The van der Waals surface area contributed by atoms with Crippen molar-refractivity contribution in [3.63, 3.8) is 0 Å². The Morgan fingerprint density at radius 3 is 2.81 bits per heavy atom. The second-order valence-corrected chi connectivity index (χ2v) is 6.56. The predicted octanol–water partition coefficient (Wildman–Crippen LogP) is 2.72. The van der Waals surface area contributed by atoms with E-state index < -0.39 is 5.60 Å². The molecule has 7 heteroatoms. The number of carbonyl (C=O) groups excluding carboxylic acids is 1. The average Bonchev–Trinajstić information content (AvgIpc) is 2.70. The highest BCUT2D eigenvalue weighted by atomic mass is 35.5. The number of ether oxygens (including phenoxy) is 1. The minimum atomic E-state index is -0.470. The van der Waals surface area contributed by atoms with Gasteiger partial charge in [0.05, 0.1) is 0 Å². The van der Waals surface area contributed by atoms with Crippen LogP contribution in [0.4, 0.5) is 4.79 Å². The Morgan fingerprint density at radius 1 is 1.43 bits per heavy atom. The van der Waals surface area contributed by atoms with Crippen LogP contribution in [0.1, 0.15) is 32.3 Å².